The van der Waals surface area contributed by atoms with Gasteiger partial charge < -0.3 is 10.6 Å². The van der Waals surface area contributed by atoms with Gasteiger partial charge in [-0.05, 0) is 18.1 Å². The second kappa shape index (κ2) is 5.95. The summed E-state index contributed by atoms with van der Waals surface area (Å²) < 4.78 is 0. The minimum Gasteiger partial charge on any atom is -0.336 e. The highest BCUT2D eigenvalue weighted by atomic mass is 32.1. The van der Waals surface area contributed by atoms with Crippen molar-refractivity contribution in [1.82, 2.24) is 9.88 Å². The van der Waals surface area contributed by atoms with Crippen LogP contribution >= 0.6 is 11.3 Å². The number of carbonyl (C=O) groups is 1. The van der Waals surface area contributed by atoms with Crippen molar-refractivity contribution in [3.63, 3.8) is 0 Å². The Bertz CT molecular complexity index is 580. The molecule has 5 heteroatoms. The second-order valence-corrected chi connectivity index (χ2v) is 5.36. The Labute approximate surface area is 116 Å². The molecule has 0 radical (unpaired) electrons. The number of benzene rings is 1. The van der Waals surface area contributed by atoms with Crippen molar-refractivity contribution >= 4 is 17.2 Å². The molecule has 0 fully saturated rings. The van der Waals surface area contributed by atoms with Gasteiger partial charge in [0.2, 0.25) is 0 Å². The molecule has 1 aromatic carbocycles. The maximum atomic E-state index is 12.2. The van der Waals surface area contributed by atoms with E-state index in [2.05, 4.69) is 4.98 Å². The molecule has 0 aliphatic rings. The Morgan fingerprint density at radius 1 is 1.42 bits per heavy atom. The highest BCUT2D eigenvalue weighted by Gasteiger charge is 2.15. The van der Waals surface area contributed by atoms with Crippen LogP contribution in [0.15, 0.2) is 29.6 Å². The lowest BCUT2D eigenvalue weighted by Gasteiger charge is -2.17. The van der Waals surface area contributed by atoms with Gasteiger partial charge >= 0.3 is 0 Å². The summed E-state index contributed by atoms with van der Waals surface area (Å²) in [5.41, 5.74) is 8.31. The van der Waals surface area contributed by atoms with Gasteiger partial charge in [-0.1, -0.05) is 24.3 Å². The van der Waals surface area contributed by atoms with Crippen molar-refractivity contribution in [2.24, 2.45) is 5.73 Å². The zero-order valence-corrected chi connectivity index (χ0v) is 11.9. The molecule has 2 aromatic rings. The summed E-state index contributed by atoms with van der Waals surface area (Å²) in [6.45, 7) is 3.00. The van der Waals surface area contributed by atoms with E-state index < -0.39 is 0 Å². The molecule has 1 aromatic heterocycles. The molecule has 2 N–H and O–H groups in total. The first-order valence-electron chi connectivity index (χ1n) is 6.06. The number of nitrogens with zero attached hydrogens (tertiary/aromatic N) is 2. The van der Waals surface area contributed by atoms with E-state index >= 15 is 0 Å². The molecule has 4 nitrogen and oxygen atoms in total. The minimum absolute atomic E-state index is 0.0702. The zero-order chi connectivity index (χ0) is 13.8. The number of carbonyl (C=O) groups excluding carboxylic acids is 1. The van der Waals surface area contributed by atoms with Gasteiger partial charge in [0.15, 0.2) is 0 Å². The maximum absolute atomic E-state index is 12.2. The van der Waals surface area contributed by atoms with Crippen LogP contribution in [0.3, 0.4) is 0 Å². The average Bonchev–Trinajstić information content (AvgIpc) is 2.89. The van der Waals surface area contributed by atoms with E-state index in [1.54, 1.807) is 17.3 Å². The number of nitrogens with two attached hydrogens (primary N) is 1. The van der Waals surface area contributed by atoms with Gasteiger partial charge in [0, 0.05) is 25.5 Å². The zero-order valence-electron chi connectivity index (χ0n) is 11.1. The molecule has 0 spiro atoms. The molecule has 19 heavy (non-hydrogen) atoms. The Morgan fingerprint density at radius 2 is 2.16 bits per heavy atom. The van der Waals surface area contributed by atoms with Gasteiger partial charge in [-0.2, -0.15) is 0 Å². The molecule has 1 heterocycles. The van der Waals surface area contributed by atoms with Crippen molar-refractivity contribution in [3.8, 4) is 0 Å². The maximum Gasteiger partial charge on any atom is 0.273 e. The van der Waals surface area contributed by atoms with Crippen molar-refractivity contribution in [3.05, 3.63) is 51.5 Å². The number of thiazole rings is 1. The fourth-order valence-corrected chi connectivity index (χ4v) is 2.46. The topological polar surface area (TPSA) is 59.2 Å². The molecule has 0 unspecified atom stereocenters. The summed E-state index contributed by atoms with van der Waals surface area (Å²) in [4.78, 5) is 18.1. The van der Waals surface area contributed by atoms with E-state index in [1.165, 1.54) is 16.9 Å². The van der Waals surface area contributed by atoms with Crippen molar-refractivity contribution < 1.29 is 4.79 Å². The number of hydrogen-bond acceptors (Lipinski definition) is 4. The van der Waals surface area contributed by atoms with Crippen LogP contribution in [0, 0.1) is 6.92 Å². The fourth-order valence-electron chi connectivity index (χ4n) is 1.81. The predicted octanol–water partition coefficient (Wildman–Crippen LogP) is 2.18. The van der Waals surface area contributed by atoms with E-state index in [4.69, 9.17) is 5.73 Å². The van der Waals surface area contributed by atoms with Crippen LogP contribution in [0.5, 0.6) is 0 Å². The summed E-state index contributed by atoms with van der Waals surface area (Å²) in [6.07, 6.45) is 0. The van der Waals surface area contributed by atoms with Gasteiger partial charge in [-0.15, -0.1) is 11.3 Å². The van der Waals surface area contributed by atoms with Gasteiger partial charge in [-0.25, -0.2) is 4.98 Å². The van der Waals surface area contributed by atoms with E-state index in [1.807, 2.05) is 31.2 Å². The number of rotatable bonds is 4. The summed E-state index contributed by atoms with van der Waals surface area (Å²) in [5.74, 6) is -0.0702. The first kappa shape index (κ1) is 13.7. The molecule has 2 rings (SSSR count). The van der Waals surface area contributed by atoms with Crippen molar-refractivity contribution in [2.75, 3.05) is 7.05 Å². The first-order valence-corrected chi connectivity index (χ1v) is 6.94. The largest absolute Gasteiger partial charge is 0.336 e. The standard InChI is InChI=1S/C14H17N3OS/c1-10-5-3-4-6-11(10)8-17(2)14(18)12-9-19-13(7-15)16-12/h3-6,9H,7-8,15H2,1-2H3. The van der Waals surface area contributed by atoms with Crippen molar-refractivity contribution in [2.45, 2.75) is 20.0 Å². The monoisotopic (exact) mass is 275 g/mol. The van der Waals surface area contributed by atoms with Crippen LogP contribution in [0.1, 0.15) is 26.6 Å². The van der Waals surface area contributed by atoms with Crippen LogP contribution in [0.4, 0.5) is 0 Å². The normalized spacial score (nSPS) is 10.5. The Hall–Kier alpha value is -1.72. The van der Waals surface area contributed by atoms with Crippen LogP contribution in [0.2, 0.25) is 0 Å². The number of aromatic nitrogens is 1. The lowest BCUT2D eigenvalue weighted by molar-refractivity contribution is 0.0779. The number of hydrogen-bond donors (Lipinski definition) is 1. The number of aryl methyl sites for hydroxylation is 1. The molecule has 0 atom stereocenters. The van der Waals surface area contributed by atoms with Crippen molar-refractivity contribution in [1.29, 1.82) is 0 Å². The summed E-state index contributed by atoms with van der Waals surface area (Å²) in [5, 5.41) is 2.55. The molecular weight excluding hydrogens is 258 g/mol. The lowest BCUT2D eigenvalue weighted by atomic mass is 10.1. The SMILES string of the molecule is Cc1ccccc1CN(C)C(=O)c1csc(CN)n1. The Balaban J connectivity index is 2.09. The third-order valence-corrected chi connectivity index (χ3v) is 3.83. The smallest absolute Gasteiger partial charge is 0.273 e. The fraction of sp³-hybridized carbons (Fsp3) is 0.286. The van der Waals surface area contributed by atoms with E-state index in [0.717, 1.165) is 10.6 Å². The lowest BCUT2D eigenvalue weighted by Crippen LogP contribution is -2.26. The van der Waals surface area contributed by atoms with Crippen LogP contribution in [-0.4, -0.2) is 22.8 Å². The molecule has 0 saturated heterocycles. The second-order valence-electron chi connectivity index (χ2n) is 4.42. The average molecular weight is 275 g/mol. The van der Waals surface area contributed by atoms with E-state index in [9.17, 15) is 4.79 Å². The number of amides is 1. The van der Waals surface area contributed by atoms with Crippen LogP contribution in [0.25, 0.3) is 0 Å². The molecule has 1 amide bonds. The van der Waals surface area contributed by atoms with Gasteiger partial charge in [0.05, 0.1) is 0 Å². The van der Waals surface area contributed by atoms with Crippen LogP contribution < -0.4 is 5.73 Å². The molecule has 0 bridgehead atoms. The van der Waals surface area contributed by atoms with Gasteiger partial charge in [0.25, 0.3) is 5.91 Å². The molecule has 0 aliphatic carbocycles. The quantitative estimate of drug-likeness (QED) is 0.930. The molecule has 0 aliphatic heterocycles. The van der Waals surface area contributed by atoms with Gasteiger partial charge in [-0.3, -0.25) is 4.79 Å². The summed E-state index contributed by atoms with van der Waals surface area (Å²) >= 11 is 1.42. The Morgan fingerprint density at radius 3 is 2.79 bits per heavy atom. The van der Waals surface area contributed by atoms with E-state index in [0.29, 0.717) is 18.8 Å². The Kier molecular flexibility index (Phi) is 4.29. The van der Waals surface area contributed by atoms with E-state index in [-0.39, 0.29) is 5.91 Å². The van der Waals surface area contributed by atoms with Gasteiger partial charge in [0.1, 0.15) is 10.7 Å². The molecule has 100 valence electrons. The minimum atomic E-state index is -0.0702. The summed E-state index contributed by atoms with van der Waals surface area (Å²) in [7, 11) is 1.79. The molecule has 0 saturated carbocycles. The highest BCUT2D eigenvalue weighted by molar-refractivity contribution is 7.09. The first-order chi connectivity index (χ1) is 9.11. The predicted molar refractivity (Wildman–Crippen MR) is 77.0 cm³/mol. The van der Waals surface area contributed by atoms with Crippen LogP contribution in [-0.2, 0) is 13.1 Å². The summed E-state index contributed by atoms with van der Waals surface area (Å²) in [6, 6.07) is 8.05. The highest BCUT2D eigenvalue weighted by Crippen LogP contribution is 2.14. The third kappa shape index (κ3) is 3.19. The third-order valence-electron chi connectivity index (χ3n) is 2.96. The molecular formula is C14H17N3OS.